The number of aromatic nitrogens is 2. The van der Waals surface area contributed by atoms with Gasteiger partial charge >= 0.3 is 0 Å². The average Bonchev–Trinajstić information content (AvgIpc) is 2.72. The van der Waals surface area contributed by atoms with Crippen molar-refractivity contribution in [3.05, 3.63) is 46.0 Å². The Morgan fingerprint density at radius 1 is 1.24 bits per heavy atom. The molecule has 0 aliphatic carbocycles. The van der Waals surface area contributed by atoms with Crippen LogP contribution < -0.4 is 0 Å². The molecule has 3 aromatic rings. The number of fused-ring (bicyclic) bond motifs is 1. The zero-order valence-corrected chi connectivity index (χ0v) is 10.9. The topological polar surface area (TPSA) is 38.9 Å². The van der Waals surface area contributed by atoms with Gasteiger partial charge < -0.3 is 4.42 Å². The summed E-state index contributed by atoms with van der Waals surface area (Å²) in [4.78, 5) is 8.47. The van der Waals surface area contributed by atoms with Gasteiger partial charge in [-0.2, -0.15) is 4.98 Å². The first-order chi connectivity index (χ1) is 8.22. The lowest BCUT2D eigenvalue weighted by Crippen LogP contribution is -1.77. The molecular formula is C12H6BrClN2O. The van der Waals surface area contributed by atoms with E-state index in [-0.39, 0.29) is 0 Å². The number of hydrogen-bond donors (Lipinski definition) is 0. The lowest BCUT2D eigenvalue weighted by Gasteiger charge is -1.94. The van der Waals surface area contributed by atoms with Crippen LogP contribution in [0.1, 0.15) is 0 Å². The van der Waals surface area contributed by atoms with Gasteiger partial charge in [0.1, 0.15) is 0 Å². The van der Waals surface area contributed by atoms with Crippen LogP contribution in [0.15, 0.2) is 45.4 Å². The molecule has 0 radical (unpaired) electrons. The van der Waals surface area contributed by atoms with Crippen molar-refractivity contribution < 1.29 is 4.42 Å². The van der Waals surface area contributed by atoms with E-state index >= 15 is 0 Å². The fourth-order valence-electron chi connectivity index (χ4n) is 1.54. The van der Waals surface area contributed by atoms with Gasteiger partial charge in [0.25, 0.3) is 0 Å². The van der Waals surface area contributed by atoms with E-state index in [2.05, 4.69) is 25.9 Å². The van der Waals surface area contributed by atoms with Gasteiger partial charge in [0, 0.05) is 27.3 Å². The number of nitrogens with zero attached hydrogens (tertiary/aromatic N) is 2. The second kappa shape index (κ2) is 4.13. The number of halogens is 2. The van der Waals surface area contributed by atoms with Crippen LogP contribution >= 0.6 is 27.5 Å². The Morgan fingerprint density at radius 3 is 2.94 bits per heavy atom. The SMILES string of the molecule is Clc1cccc(-c2nc3ncc(Br)cc3o2)c1. The van der Waals surface area contributed by atoms with E-state index in [0.717, 1.165) is 10.0 Å². The van der Waals surface area contributed by atoms with E-state index in [1.54, 1.807) is 12.3 Å². The monoisotopic (exact) mass is 308 g/mol. The Kier molecular flexibility index (Phi) is 2.61. The smallest absolute Gasteiger partial charge is 0.228 e. The van der Waals surface area contributed by atoms with Crippen LogP contribution in [0.4, 0.5) is 0 Å². The number of oxazole rings is 1. The van der Waals surface area contributed by atoms with E-state index in [1.807, 2.05) is 24.3 Å². The molecule has 1 aromatic carbocycles. The molecule has 3 nitrogen and oxygen atoms in total. The Labute approximate surface area is 111 Å². The number of pyridine rings is 1. The van der Waals surface area contributed by atoms with Gasteiger partial charge in [-0.05, 0) is 34.1 Å². The van der Waals surface area contributed by atoms with Gasteiger partial charge in [-0.3, -0.25) is 0 Å². The van der Waals surface area contributed by atoms with Crippen molar-refractivity contribution in [1.82, 2.24) is 9.97 Å². The van der Waals surface area contributed by atoms with Gasteiger partial charge in [-0.1, -0.05) is 17.7 Å². The summed E-state index contributed by atoms with van der Waals surface area (Å²) in [6.07, 6.45) is 1.69. The molecule has 0 atom stereocenters. The molecule has 0 aliphatic heterocycles. The number of rotatable bonds is 1. The molecular weight excluding hydrogens is 304 g/mol. The van der Waals surface area contributed by atoms with Gasteiger partial charge in [0.15, 0.2) is 11.2 Å². The molecule has 2 heterocycles. The lowest BCUT2D eigenvalue weighted by atomic mass is 10.2. The van der Waals surface area contributed by atoms with E-state index in [4.69, 9.17) is 16.0 Å². The molecule has 0 amide bonds. The molecule has 0 unspecified atom stereocenters. The summed E-state index contributed by atoms with van der Waals surface area (Å²) in [7, 11) is 0. The minimum atomic E-state index is 0.521. The highest BCUT2D eigenvalue weighted by Gasteiger charge is 2.09. The minimum Gasteiger partial charge on any atom is -0.434 e. The molecule has 0 saturated carbocycles. The van der Waals surface area contributed by atoms with Crippen LogP contribution in [-0.4, -0.2) is 9.97 Å². The summed E-state index contributed by atoms with van der Waals surface area (Å²) in [5.74, 6) is 0.521. The largest absolute Gasteiger partial charge is 0.434 e. The standard InChI is InChI=1S/C12H6BrClN2O/c13-8-5-10-11(15-6-8)16-12(17-10)7-2-1-3-9(14)4-7/h1-6H. The maximum atomic E-state index is 5.93. The third kappa shape index (κ3) is 2.06. The zero-order chi connectivity index (χ0) is 11.8. The summed E-state index contributed by atoms with van der Waals surface area (Å²) in [6, 6.07) is 9.20. The number of benzene rings is 1. The quantitative estimate of drug-likeness (QED) is 0.672. The Hall–Kier alpha value is -1.39. The maximum Gasteiger partial charge on any atom is 0.228 e. The van der Waals surface area contributed by atoms with E-state index in [1.165, 1.54) is 0 Å². The molecule has 0 bridgehead atoms. The van der Waals surface area contributed by atoms with Crippen molar-refractivity contribution in [1.29, 1.82) is 0 Å². The van der Waals surface area contributed by atoms with Gasteiger partial charge in [-0.25, -0.2) is 4.98 Å². The third-order valence-electron chi connectivity index (χ3n) is 2.29. The highest BCUT2D eigenvalue weighted by Crippen LogP contribution is 2.26. The van der Waals surface area contributed by atoms with Crippen molar-refractivity contribution in [3.63, 3.8) is 0 Å². The maximum absolute atomic E-state index is 5.93. The number of hydrogen-bond acceptors (Lipinski definition) is 3. The first-order valence-corrected chi connectivity index (χ1v) is 6.07. The van der Waals surface area contributed by atoms with Crippen molar-refractivity contribution in [2.45, 2.75) is 0 Å². The van der Waals surface area contributed by atoms with E-state index in [0.29, 0.717) is 22.1 Å². The minimum absolute atomic E-state index is 0.521. The van der Waals surface area contributed by atoms with Crippen molar-refractivity contribution in [2.75, 3.05) is 0 Å². The molecule has 3 rings (SSSR count). The summed E-state index contributed by atoms with van der Waals surface area (Å²) in [5.41, 5.74) is 2.07. The molecule has 0 fully saturated rings. The normalized spacial score (nSPS) is 10.9. The molecule has 0 saturated heterocycles. The van der Waals surface area contributed by atoms with E-state index in [9.17, 15) is 0 Å². The first-order valence-electron chi connectivity index (χ1n) is 4.90. The van der Waals surface area contributed by atoms with Gasteiger partial charge in [0.05, 0.1) is 0 Å². The van der Waals surface area contributed by atoms with Crippen LogP contribution in [0.3, 0.4) is 0 Å². The third-order valence-corrected chi connectivity index (χ3v) is 2.95. The van der Waals surface area contributed by atoms with Crippen LogP contribution in [0, 0.1) is 0 Å². The average molecular weight is 310 g/mol. The van der Waals surface area contributed by atoms with Crippen molar-refractivity contribution >= 4 is 38.8 Å². The summed E-state index contributed by atoms with van der Waals surface area (Å²) >= 11 is 9.26. The Morgan fingerprint density at radius 2 is 2.12 bits per heavy atom. The van der Waals surface area contributed by atoms with E-state index < -0.39 is 0 Å². The van der Waals surface area contributed by atoms with Crippen molar-refractivity contribution in [2.24, 2.45) is 0 Å². The first kappa shape index (κ1) is 10.7. The Balaban J connectivity index is 2.18. The van der Waals surface area contributed by atoms with Crippen molar-refractivity contribution in [3.8, 4) is 11.5 Å². The fourth-order valence-corrected chi connectivity index (χ4v) is 2.04. The highest BCUT2D eigenvalue weighted by molar-refractivity contribution is 9.10. The van der Waals surface area contributed by atoms with Gasteiger partial charge in [-0.15, -0.1) is 0 Å². The van der Waals surface area contributed by atoms with Crippen LogP contribution in [-0.2, 0) is 0 Å². The van der Waals surface area contributed by atoms with Gasteiger partial charge in [0.2, 0.25) is 5.89 Å². The summed E-state index contributed by atoms with van der Waals surface area (Å²) in [5, 5.41) is 0.652. The lowest BCUT2D eigenvalue weighted by molar-refractivity contribution is 0.619. The van der Waals surface area contributed by atoms with Crippen LogP contribution in [0.25, 0.3) is 22.7 Å². The molecule has 0 aliphatic rings. The second-order valence-corrected chi connectivity index (χ2v) is 4.86. The molecule has 17 heavy (non-hydrogen) atoms. The zero-order valence-electron chi connectivity index (χ0n) is 8.52. The van der Waals surface area contributed by atoms with Crippen LogP contribution in [0.2, 0.25) is 5.02 Å². The van der Waals surface area contributed by atoms with Crippen LogP contribution in [0.5, 0.6) is 0 Å². The Bertz CT molecular complexity index is 696. The molecule has 2 aromatic heterocycles. The molecule has 0 spiro atoms. The molecule has 5 heteroatoms. The predicted octanol–water partition coefficient (Wildman–Crippen LogP) is 4.31. The molecule has 84 valence electrons. The fraction of sp³-hybridized carbons (Fsp3) is 0. The highest BCUT2D eigenvalue weighted by atomic mass is 79.9. The summed E-state index contributed by atoms with van der Waals surface area (Å²) in [6.45, 7) is 0. The predicted molar refractivity (Wildman–Crippen MR) is 70.0 cm³/mol. The summed E-state index contributed by atoms with van der Waals surface area (Å²) < 4.78 is 6.49. The molecule has 0 N–H and O–H groups in total. The second-order valence-electron chi connectivity index (χ2n) is 3.50.